The monoisotopic (exact) mass is 354 g/mol. The van der Waals surface area contributed by atoms with E-state index in [9.17, 15) is 4.79 Å². The van der Waals surface area contributed by atoms with E-state index in [1.807, 2.05) is 65.5 Å². The number of rotatable bonds is 5. The van der Waals surface area contributed by atoms with Crippen molar-refractivity contribution in [2.24, 2.45) is 5.10 Å². The number of hydrogen-bond acceptors (Lipinski definition) is 3. The van der Waals surface area contributed by atoms with Gasteiger partial charge in [0, 0.05) is 18.0 Å². The lowest BCUT2D eigenvalue weighted by Crippen LogP contribution is -2.18. The van der Waals surface area contributed by atoms with Gasteiger partial charge in [0.2, 0.25) is 0 Å². The highest BCUT2D eigenvalue weighted by Gasteiger charge is 2.05. The Labute approximate surface area is 157 Å². The van der Waals surface area contributed by atoms with Crippen LogP contribution in [-0.2, 0) is 6.54 Å². The minimum Gasteiger partial charge on any atom is -0.268 e. The molecule has 0 unspecified atom stereocenters. The number of fused-ring (bicyclic) bond motifs is 1. The van der Waals surface area contributed by atoms with Gasteiger partial charge < -0.3 is 0 Å². The van der Waals surface area contributed by atoms with Crippen LogP contribution < -0.4 is 5.43 Å². The highest BCUT2D eigenvalue weighted by Crippen LogP contribution is 2.14. The van der Waals surface area contributed by atoms with Crippen molar-refractivity contribution >= 4 is 22.9 Å². The molecule has 0 saturated heterocycles. The topological polar surface area (TPSA) is 59.3 Å². The average Bonchev–Trinajstić information content (AvgIpc) is 3.21. The Hall–Kier alpha value is -3.73. The predicted molar refractivity (Wildman–Crippen MR) is 107 cm³/mol. The molecule has 0 atom stereocenters. The first kappa shape index (κ1) is 16.7. The SMILES string of the molecule is O=C(N/N=C/c1ccc2ccccc2c1)c1cccc(Cn2cccn2)c1. The van der Waals surface area contributed by atoms with Gasteiger partial charge in [-0.3, -0.25) is 9.48 Å². The number of carbonyl (C=O) groups excluding carboxylic acids is 1. The molecule has 1 N–H and O–H groups in total. The molecule has 0 aliphatic heterocycles. The van der Waals surface area contributed by atoms with Gasteiger partial charge in [-0.1, -0.05) is 48.5 Å². The van der Waals surface area contributed by atoms with Crippen LogP contribution in [0.1, 0.15) is 21.5 Å². The molecule has 5 nitrogen and oxygen atoms in total. The van der Waals surface area contributed by atoms with Crippen molar-refractivity contribution in [1.82, 2.24) is 15.2 Å². The fourth-order valence-corrected chi connectivity index (χ4v) is 2.91. The van der Waals surface area contributed by atoms with Gasteiger partial charge >= 0.3 is 0 Å². The predicted octanol–water partition coefficient (Wildman–Crippen LogP) is 3.85. The second-order valence-electron chi connectivity index (χ2n) is 6.21. The van der Waals surface area contributed by atoms with E-state index in [0.717, 1.165) is 16.5 Å². The number of nitrogens with one attached hydrogen (secondary N) is 1. The second-order valence-corrected chi connectivity index (χ2v) is 6.21. The van der Waals surface area contributed by atoms with Crippen LogP contribution in [0.4, 0.5) is 0 Å². The Morgan fingerprint density at radius 1 is 1.00 bits per heavy atom. The summed E-state index contributed by atoms with van der Waals surface area (Å²) in [5, 5.41) is 10.6. The van der Waals surface area contributed by atoms with Crippen LogP contribution >= 0.6 is 0 Å². The summed E-state index contributed by atoms with van der Waals surface area (Å²) in [6.07, 6.45) is 5.27. The summed E-state index contributed by atoms with van der Waals surface area (Å²) in [6.45, 7) is 0.620. The third-order valence-corrected chi connectivity index (χ3v) is 4.25. The number of hydrogen-bond donors (Lipinski definition) is 1. The molecule has 0 aliphatic rings. The van der Waals surface area contributed by atoms with Crippen LogP contribution in [0, 0.1) is 0 Å². The van der Waals surface area contributed by atoms with Crippen molar-refractivity contribution in [3.63, 3.8) is 0 Å². The third-order valence-electron chi connectivity index (χ3n) is 4.25. The number of carbonyl (C=O) groups is 1. The fourth-order valence-electron chi connectivity index (χ4n) is 2.91. The molecule has 0 aliphatic carbocycles. The maximum absolute atomic E-state index is 12.4. The maximum Gasteiger partial charge on any atom is 0.271 e. The van der Waals surface area contributed by atoms with Gasteiger partial charge in [0.1, 0.15) is 0 Å². The lowest BCUT2D eigenvalue weighted by molar-refractivity contribution is 0.0955. The van der Waals surface area contributed by atoms with E-state index in [-0.39, 0.29) is 5.91 Å². The molecule has 1 aromatic heterocycles. The molecule has 1 heterocycles. The van der Waals surface area contributed by atoms with Crippen molar-refractivity contribution in [3.8, 4) is 0 Å². The summed E-state index contributed by atoms with van der Waals surface area (Å²) in [5.41, 5.74) is 5.09. The van der Waals surface area contributed by atoms with E-state index in [1.54, 1.807) is 18.5 Å². The average molecular weight is 354 g/mol. The summed E-state index contributed by atoms with van der Waals surface area (Å²) in [6, 6.07) is 23.5. The molecule has 0 saturated carbocycles. The van der Waals surface area contributed by atoms with Crippen LogP contribution in [0.3, 0.4) is 0 Å². The molecule has 1 amide bonds. The first-order valence-electron chi connectivity index (χ1n) is 8.66. The van der Waals surface area contributed by atoms with Gasteiger partial charge in [0.15, 0.2) is 0 Å². The largest absolute Gasteiger partial charge is 0.271 e. The number of hydrazone groups is 1. The van der Waals surface area contributed by atoms with Gasteiger partial charge in [-0.15, -0.1) is 0 Å². The van der Waals surface area contributed by atoms with Gasteiger partial charge in [-0.25, -0.2) is 5.43 Å². The summed E-state index contributed by atoms with van der Waals surface area (Å²) in [4.78, 5) is 12.4. The molecule has 0 fully saturated rings. The smallest absolute Gasteiger partial charge is 0.268 e. The third kappa shape index (κ3) is 4.10. The Balaban J connectivity index is 1.43. The van der Waals surface area contributed by atoms with Gasteiger partial charge in [0.05, 0.1) is 12.8 Å². The Bertz CT molecular complexity index is 1100. The van der Waals surface area contributed by atoms with E-state index in [1.165, 1.54) is 5.39 Å². The zero-order valence-electron chi connectivity index (χ0n) is 14.6. The summed E-state index contributed by atoms with van der Waals surface area (Å²) < 4.78 is 1.81. The Kier molecular flexibility index (Phi) is 4.74. The lowest BCUT2D eigenvalue weighted by atomic mass is 10.1. The normalized spacial score (nSPS) is 11.1. The lowest BCUT2D eigenvalue weighted by Gasteiger charge is -2.05. The number of amides is 1. The van der Waals surface area contributed by atoms with Crippen molar-refractivity contribution in [3.05, 3.63) is 102 Å². The van der Waals surface area contributed by atoms with Crippen molar-refractivity contribution in [2.45, 2.75) is 6.54 Å². The molecule has 0 bridgehead atoms. The van der Waals surface area contributed by atoms with Crippen LogP contribution in [0.25, 0.3) is 10.8 Å². The quantitative estimate of drug-likeness (QED) is 0.437. The molecular formula is C22H18N4O. The number of benzene rings is 3. The van der Waals surface area contributed by atoms with E-state index in [2.05, 4.69) is 27.8 Å². The Morgan fingerprint density at radius 2 is 1.89 bits per heavy atom. The van der Waals surface area contributed by atoms with Gasteiger partial charge in [0.25, 0.3) is 5.91 Å². The zero-order valence-corrected chi connectivity index (χ0v) is 14.6. The molecule has 0 spiro atoms. The standard InChI is InChI=1S/C22H18N4O/c27-22(21-8-3-5-18(14-21)16-26-12-4-11-24-26)25-23-15-17-9-10-19-6-1-2-7-20(19)13-17/h1-15H,16H2,(H,25,27)/b23-15+. The highest BCUT2D eigenvalue weighted by atomic mass is 16.2. The molecule has 0 radical (unpaired) electrons. The fraction of sp³-hybridized carbons (Fsp3) is 0.0455. The van der Waals surface area contributed by atoms with Crippen LogP contribution in [0.2, 0.25) is 0 Å². The minimum absolute atomic E-state index is 0.241. The molecule has 4 aromatic rings. The highest BCUT2D eigenvalue weighted by molar-refractivity contribution is 5.95. The van der Waals surface area contributed by atoms with Crippen LogP contribution in [-0.4, -0.2) is 21.9 Å². The van der Waals surface area contributed by atoms with E-state index in [0.29, 0.717) is 12.1 Å². The number of aromatic nitrogens is 2. The summed E-state index contributed by atoms with van der Waals surface area (Å²) >= 11 is 0. The maximum atomic E-state index is 12.4. The first-order chi connectivity index (χ1) is 13.3. The molecule has 3 aromatic carbocycles. The molecular weight excluding hydrogens is 336 g/mol. The van der Waals surface area contributed by atoms with E-state index < -0.39 is 0 Å². The summed E-state index contributed by atoms with van der Waals surface area (Å²) in [5.74, 6) is -0.241. The van der Waals surface area contributed by atoms with Crippen molar-refractivity contribution < 1.29 is 4.79 Å². The van der Waals surface area contributed by atoms with Crippen molar-refractivity contribution in [1.29, 1.82) is 0 Å². The van der Waals surface area contributed by atoms with Crippen molar-refractivity contribution in [2.75, 3.05) is 0 Å². The molecule has 132 valence electrons. The zero-order chi connectivity index (χ0) is 18.5. The van der Waals surface area contributed by atoms with Crippen LogP contribution in [0.5, 0.6) is 0 Å². The van der Waals surface area contributed by atoms with Crippen LogP contribution in [0.15, 0.2) is 90.3 Å². The first-order valence-corrected chi connectivity index (χ1v) is 8.66. The van der Waals surface area contributed by atoms with Gasteiger partial charge in [-0.2, -0.15) is 10.2 Å². The Morgan fingerprint density at radius 3 is 2.74 bits per heavy atom. The second kappa shape index (κ2) is 7.66. The molecule has 5 heteroatoms. The summed E-state index contributed by atoms with van der Waals surface area (Å²) in [7, 11) is 0. The molecule has 27 heavy (non-hydrogen) atoms. The van der Waals surface area contributed by atoms with Gasteiger partial charge in [-0.05, 0) is 46.2 Å². The molecule has 4 rings (SSSR count). The van der Waals surface area contributed by atoms with E-state index in [4.69, 9.17) is 0 Å². The van der Waals surface area contributed by atoms with E-state index >= 15 is 0 Å². The number of nitrogens with zero attached hydrogens (tertiary/aromatic N) is 3. The minimum atomic E-state index is -0.241.